The van der Waals surface area contributed by atoms with E-state index in [0.29, 0.717) is 17.8 Å². The van der Waals surface area contributed by atoms with Gasteiger partial charge in [-0.25, -0.2) is 4.79 Å². The molecule has 2 heterocycles. The minimum atomic E-state index is -0.210. The zero-order valence-corrected chi connectivity index (χ0v) is 18.1. The molecule has 1 aliphatic carbocycles. The Kier molecular flexibility index (Phi) is 6.21. The molecule has 0 bridgehead atoms. The van der Waals surface area contributed by atoms with E-state index in [1.54, 1.807) is 26.5 Å². The van der Waals surface area contributed by atoms with Crippen molar-refractivity contribution >= 4 is 28.9 Å². The van der Waals surface area contributed by atoms with Crippen LogP contribution in [0.15, 0.2) is 42.7 Å². The number of hydrogen-bond donors (Lipinski definition) is 3. The van der Waals surface area contributed by atoms with Crippen LogP contribution in [0.4, 0.5) is 16.2 Å². The van der Waals surface area contributed by atoms with E-state index in [9.17, 15) is 9.59 Å². The molecular weight excluding hydrogens is 390 g/mol. The average Bonchev–Trinajstić information content (AvgIpc) is 2.79. The second kappa shape index (κ2) is 9.20. The van der Waals surface area contributed by atoms with Gasteiger partial charge in [0.2, 0.25) is 0 Å². The number of nitrogens with one attached hydrogen (secondary N) is 3. The van der Waals surface area contributed by atoms with Crippen molar-refractivity contribution in [3.8, 4) is 11.1 Å². The molecule has 3 N–H and O–H groups in total. The summed E-state index contributed by atoms with van der Waals surface area (Å²) in [6.07, 6.45) is 11.1. The number of pyridine rings is 1. The summed E-state index contributed by atoms with van der Waals surface area (Å²) in [4.78, 5) is 30.7. The lowest BCUT2D eigenvalue weighted by Crippen LogP contribution is -2.37. The van der Waals surface area contributed by atoms with Crippen molar-refractivity contribution in [2.75, 3.05) is 31.3 Å². The molecular formula is C24H29N5O2. The molecule has 0 saturated heterocycles. The van der Waals surface area contributed by atoms with Crippen LogP contribution in [0.3, 0.4) is 0 Å². The van der Waals surface area contributed by atoms with Crippen LogP contribution >= 0.6 is 0 Å². The highest BCUT2D eigenvalue weighted by Crippen LogP contribution is 2.33. The quantitative estimate of drug-likeness (QED) is 0.696. The molecule has 0 unspecified atom stereocenters. The summed E-state index contributed by atoms with van der Waals surface area (Å²) < 4.78 is 0. The van der Waals surface area contributed by atoms with Gasteiger partial charge in [-0.2, -0.15) is 0 Å². The molecule has 1 aromatic heterocycles. The van der Waals surface area contributed by atoms with Gasteiger partial charge in [0.05, 0.1) is 11.9 Å². The van der Waals surface area contributed by atoms with Crippen LogP contribution in [0, 0.1) is 0 Å². The summed E-state index contributed by atoms with van der Waals surface area (Å²) in [6, 6.07) is 7.96. The predicted octanol–water partition coefficient (Wildman–Crippen LogP) is 4.10. The number of hydrogen-bond acceptors (Lipinski definition) is 4. The molecule has 0 spiro atoms. The third-order valence-corrected chi connectivity index (χ3v) is 5.82. The van der Waals surface area contributed by atoms with Gasteiger partial charge >= 0.3 is 6.03 Å². The van der Waals surface area contributed by atoms with Crippen LogP contribution in [0.5, 0.6) is 0 Å². The summed E-state index contributed by atoms with van der Waals surface area (Å²) in [6.45, 7) is 0.632. The first-order valence-electron chi connectivity index (χ1n) is 10.8. The van der Waals surface area contributed by atoms with Crippen molar-refractivity contribution in [3.05, 3.63) is 48.3 Å². The number of aromatic nitrogens is 1. The lowest BCUT2D eigenvalue weighted by Gasteiger charge is -2.25. The molecule has 0 atom stereocenters. The number of rotatable bonds is 4. The molecule has 7 nitrogen and oxygen atoms in total. The van der Waals surface area contributed by atoms with Crippen LogP contribution in [-0.2, 0) is 4.79 Å². The minimum absolute atomic E-state index is 0.00285. The van der Waals surface area contributed by atoms with Crippen LogP contribution in [0.1, 0.15) is 37.7 Å². The van der Waals surface area contributed by atoms with Gasteiger partial charge in [0.25, 0.3) is 5.91 Å². The predicted molar refractivity (Wildman–Crippen MR) is 124 cm³/mol. The standard InChI is InChI=1S/C24H29N5O2/c1-29(2)24(31)28-19-12-17(14-25-15-19)16-8-9-22-21(13-16)20(10-11-26-22)23(30)27-18-6-4-3-5-7-18/h8-10,12-15,18,26H,3-7,11H2,1-2H3,(H,27,30)(H,28,31). The first kappa shape index (κ1) is 20.9. The Bertz CT molecular complexity index is 1010. The molecule has 31 heavy (non-hydrogen) atoms. The lowest BCUT2D eigenvalue weighted by atomic mass is 9.93. The molecule has 7 heteroatoms. The monoisotopic (exact) mass is 419 g/mol. The van der Waals surface area contributed by atoms with E-state index in [-0.39, 0.29) is 18.0 Å². The van der Waals surface area contributed by atoms with Crippen molar-refractivity contribution in [1.82, 2.24) is 15.2 Å². The zero-order chi connectivity index (χ0) is 21.8. The van der Waals surface area contributed by atoms with Gasteiger partial charge in [0.15, 0.2) is 0 Å². The average molecular weight is 420 g/mol. The number of urea groups is 1. The summed E-state index contributed by atoms with van der Waals surface area (Å²) in [5.74, 6) is -0.00285. The van der Waals surface area contributed by atoms with Gasteiger partial charge in [0, 0.05) is 55.3 Å². The van der Waals surface area contributed by atoms with Gasteiger partial charge in [-0.05, 0) is 36.6 Å². The van der Waals surface area contributed by atoms with E-state index in [0.717, 1.165) is 35.2 Å². The Morgan fingerprint density at radius 2 is 1.87 bits per heavy atom. The number of carbonyl (C=O) groups is 2. The van der Waals surface area contributed by atoms with E-state index in [4.69, 9.17) is 0 Å². The van der Waals surface area contributed by atoms with Gasteiger partial charge in [-0.1, -0.05) is 31.4 Å². The van der Waals surface area contributed by atoms with E-state index < -0.39 is 0 Å². The third kappa shape index (κ3) is 4.87. The molecule has 2 aliphatic rings. The van der Waals surface area contributed by atoms with Crippen LogP contribution in [0.25, 0.3) is 16.7 Å². The second-order valence-electron chi connectivity index (χ2n) is 8.35. The van der Waals surface area contributed by atoms with Crippen LogP contribution in [-0.4, -0.2) is 48.5 Å². The number of benzene rings is 1. The number of nitrogens with zero attached hydrogens (tertiary/aromatic N) is 2. The fourth-order valence-corrected chi connectivity index (χ4v) is 4.10. The first-order valence-corrected chi connectivity index (χ1v) is 10.8. The number of fused-ring (bicyclic) bond motifs is 1. The number of anilines is 2. The highest BCUT2D eigenvalue weighted by atomic mass is 16.2. The summed E-state index contributed by atoms with van der Waals surface area (Å²) >= 11 is 0. The Morgan fingerprint density at radius 1 is 1.06 bits per heavy atom. The SMILES string of the molecule is CN(C)C(=O)Nc1cncc(-c2ccc3c(c2)C(C(=O)NC2CCCCC2)=CCN3)c1. The van der Waals surface area contributed by atoms with Crippen LogP contribution in [0.2, 0.25) is 0 Å². The highest BCUT2D eigenvalue weighted by Gasteiger charge is 2.23. The molecule has 2 aromatic rings. The van der Waals surface area contributed by atoms with Crippen molar-refractivity contribution in [1.29, 1.82) is 0 Å². The first-order chi connectivity index (χ1) is 15.0. The third-order valence-electron chi connectivity index (χ3n) is 5.82. The van der Waals surface area contributed by atoms with E-state index >= 15 is 0 Å². The topological polar surface area (TPSA) is 86.4 Å². The maximum Gasteiger partial charge on any atom is 0.321 e. The molecule has 3 amide bonds. The van der Waals surface area contributed by atoms with Crippen molar-refractivity contribution in [3.63, 3.8) is 0 Å². The maximum atomic E-state index is 13.0. The molecule has 0 radical (unpaired) electrons. The molecule has 1 saturated carbocycles. The Hall–Kier alpha value is -3.35. The van der Waals surface area contributed by atoms with Crippen LogP contribution < -0.4 is 16.0 Å². The Balaban J connectivity index is 1.58. The van der Waals surface area contributed by atoms with Crippen molar-refractivity contribution in [2.24, 2.45) is 0 Å². The zero-order valence-electron chi connectivity index (χ0n) is 18.1. The Morgan fingerprint density at radius 3 is 2.65 bits per heavy atom. The van der Waals surface area contributed by atoms with Crippen molar-refractivity contribution in [2.45, 2.75) is 38.1 Å². The molecule has 1 fully saturated rings. The normalized spacial score (nSPS) is 15.9. The molecule has 1 aromatic carbocycles. The van der Waals surface area contributed by atoms with Gasteiger partial charge < -0.3 is 20.9 Å². The second-order valence-corrected chi connectivity index (χ2v) is 8.35. The largest absolute Gasteiger partial charge is 0.381 e. The molecule has 1 aliphatic heterocycles. The van der Waals surface area contributed by atoms with Gasteiger partial charge in [-0.3, -0.25) is 9.78 Å². The summed E-state index contributed by atoms with van der Waals surface area (Å²) in [7, 11) is 3.38. The van der Waals surface area contributed by atoms with E-state index in [1.807, 2.05) is 30.3 Å². The highest BCUT2D eigenvalue weighted by molar-refractivity contribution is 6.22. The van der Waals surface area contributed by atoms with Gasteiger partial charge in [0.1, 0.15) is 0 Å². The number of carbonyl (C=O) groups excluding carboxylic acids is 2. The smallest absolute Gasteiger partial charge is 0.321 e. The maximum absolute atomic E-state index is 13.0. The molecule has 162 valence electrons. The summed E-state index contributed by atoms with van der Waals surface area (Å²) in [5.41, 5.74) is 4.98. The Labute approximate surface area is 182 Å². The van der Waals surface area contributed by atoms with E-state index in [2.05, 4.69) is 20.9 Å². The fraction of sp³-hybridized carbons (Fsp3) is 0.375. The minimum Gasteiger partial charge on any atom is -0.381 e. The molecule has 4 rings (SSSR count). The lowest BCUT2D eigenvalue weighted by molar-refractivity contribution is -0.116. The number of amides is 3. The van der Waals surface area contributed by atoms with Crippen molar-refractivity contribution < 1.29 is 9.59 Å². The fourth-order valence-electron chi connectivity index (χ4n) is 4.10. The van der Waals surface area contributed by atoms with Gasteiger partial charge in [-0.15, -0.1) is 0 Å². The summed E-state index contributed by atoms with van der Waals surface area (Å²) in [5, 5.41) is 9.40. The van der Waals surface area contributed by atoms with E-state index in [1.165, 1.54) is 24.2 Å².